The normalized spacial score (nSPS) is 20.8. The molecule has 1 saturated carbocycles. The highest BCUT2D eigenvalue weighted by atomic mass is 16.3. The molecule has 3 nitrogen and oxygen atoms in total. The van der Waals surface area contributed by atoms with Crippen molar-refractivity contribution in [2.24, 2.45) is 17.6 Å². The number of aliphatic hydroxyl groups excluding tert-OH is 1. The fourth-order valence-corrected chi connectivity index (χ4v) is 2.39. The second kappa shape index (κ2) is 5.99. The van der Waals surface area contributed by atoms with Gasteiger partial charge in [0.15, 0.2) is 0 Å². The van der Waals surface area contributed by atoms with Gasteiger partial charge in [-0.15, -0.1) is 0 Å². The van der Waals surface area contributed by atoms with Gasteiger partial charge in [-0.2, -0.15) is 0 Å². The van der Waals surface area contributed by atoms with Crippen LogP contribution in [0, 0.1) is 11.8 Å². The predicted molar refractivity (Wildman–Crippen MR) is 68.3 cm³/mol. The third kappa shape index (κ3) is 3.72. The summed E-state index contributed by atoms with van der Waals surface area (Å²) < 4.78 is 0. The lowest BCUT2D eigenvalue weighted by atomic mass is 10.0. The largest absolute Gasteiger partial charge is 0.395 e. The summed E-state index contributed by atoms with van der Waals surface area (Å²) in [6, 6.07) is 0.727. The van der Waals surface area contributed by atoms with Crippen molar-refractivity contribution >= 4 is 0 Å². The Morgan fingerprint density at radius 3 is 2.12 bits per heavy atom. The molecule has 1 aliphatic rings. The van der Waals surface area contributed by atoms with Crippen LogP contribution in [0.4, 0.5) is 0 Å². The molecule has 3 N–H and O–H groups in total. The molecule has 0 heterocycles. The van der Waals surface area contributed by atoms with E-state index in [1.807, 2.05) is 0 Å². The molecule has 2 unspecified atom stereocenters. The summed E-state index contributed by atoms with van der Waals surface area (Å²) in [5, 5.41) is 9.58. The maximum Gasteiger partial charge on any atom is 0.0602 e. The summed E-state index contributed by atoms with van der Waals surface area (Å²) in [6.45, 7) is 10.0. The zero-order valence-corrected chi connectivity index (χ0v) is 11.2. The lowest BCUT2D eigenvalue weighted by molar-refractivity contribution is 0.0635. The van der Waals surface area contributed by atoms with Crippen LogP contribution in [0.1, 0.15) is 40.5 Å². The van der Waals surface area contributed by atoms with Crippen LogP contribution in [0.3, 0.4) is 0 Å². The van der Waals surface area contributed by atoms with Crippen LogP contribution in [-0.2, 0) is 0 Å². The first-order valence-electron chi connectivity index (χ1n) is 6.59. The standard InChI is InChI=1S/C13H28N2O/c1-9(2)7-15(10(3)4)12(8-16)13(14)11-5-6-11/h9-13,16H,5-8,14H2,1-4H3. The van der Waals surface area contributed by atoms with E-state index in [2.05, 4.69) is 32.6 Å². The van der Waals surface area contributed by atoms with Crippen molar-refractivity contribution in [3.05, 3.63) is 0 Å². The average molecular weight is 228 g/mol. The van der Waals surface area contributed by atoms with E-state index in [1.54, 1.807) is 0 Å². The molecule has 0 amide bonds. The molecule has 0 aliphatic heterocycles. The van der Waals surface area contributed by atoms with Crippen molar-refractivity contribution < 1.29 is 5.11 Å². The predicted octanol–water partition coefficient (Wildman–Crippen LogP) is 1.45. The van der Waals surface area contributed by atoms with Gasteiger partial charge in [-0.3, -0.25) is 4.90 Å². The van der Waals surface area contributed by atoms with Crippen molar-refractivity contribution in [2.45, 2.75) is 58.7 Å². The van der Waals surface area contributed by atoms with Crippen molar-refractivity contribution in [1.82, 2.24) is 4.90 Å². The Morgan fingerprint density at radius 1 is 1.25 bits per heavy atom. The number of nitrogens with two attached hydrogens (primary N) is 1. The van der Waals surface area contributed by atoms with Crippen molar-refractivity contribution in [3.8, 4) is 0 Å². The fraction of sp³-hybridized carbons (Fsp3) is 1.00. The van der Waals surface area contributed by atoms with E-state index in [4.69, 9.17) is 5.73 Å². The lowest BCUT2D eigenvalue weighted by Crippen LogP contribution is -2.54. The van der Waals surface area contributed by atoms with Gasteiger partial charge in [0.1, 0.15) is 0 Å². The minimum absolute atomic E-state index is 0.134. The number of rotatable bonds is 7. The zero-order valence-electron chi connectivity index (χ0n) is 11.2. The molecule has 16 heavy (non-hydrogen) atoms. The molecule has 0 radical (unpaired) electrons. The van der Waals surface area contributed by atoms with Crippen LogP contribution in [-0.4, -0.2) is 41.3 Å². The Hall–Kier alpha value is -0.120. The SMILES string of the molecule is CC(C)CN(C(C)C)C(CO)C(N)C1CC1. The number of hydrogen-bond acceptors (Lipinski definition) is 3. The summed E-state index contributed by atoms with van der Waals surface area (Å²) in [7, 11) is 0. The maximum atomic E-state index is 9.58. The van der Waals surface area contributed by atoms with Gasteiger partial charge < -0.3 is 10.8 Å². The van der Waals surface area contributed by atoms with Gasteiger partial charge >= 0.3 is 0 Å². The molecule has 0 aromatic carbocycles. The highest BCUT2D eigenvalue weighted by molar-refractivity contribution is 4.94. The van der Waals surface area contributed by atoms with E-state index in [0.29, 0.717) is 17.9 Å². The molecule has 0 bridgehead atoms. The Kier molecular flexibility index (Phi) is 5.22. The molecule has 0 aromatic rings. The van der Waals surface area contributed by atoms with Crippen LogP contribution >= 0.6 is 0 Å². The smallest absolute Gasteiger partial charge is 0.0602 e. The molecule has 0 saturated heterocycles. The number of nitrogens with zero attached hydrogens (tertiary/aromatic N) is 1. The molecule has 0 aromatic heterocycles. The third-order valence-corrected chi connectivity index (χ3v) is 3.46. The van der Waals surface area contributed by atoms with Gasteiger partial charge in [0.25, 0.3) is 0 Å². The molecule has 96 valence electrons. The Labute approximate surface area is 100 Å². The third-order valence-electron chi connectivity index (χ3n) is 3.46. The second-order valence-corrected chi connectivity index (χ2v) is 5.85. The van der Waals surface area contributed by atoms with Crippen LogP contribution in [0.2, 0.25) is 0 Å². The molecular formula is C13H28N2O. The monoisotopic (exact) mass is 228 g/mol. The molecule has 1 aliphatic carbocycles. The minimum Gasteiger partial charge on any atom is -0.395 e. The average Bonchev–Trinajstić information content (AvgIpc) is 2.99. The van der Waals surface area contributed by atoms with Crippen LogP contribution < -0.4 is 5.73 Å². The maximum absolute atomic E-state index is 9.58. The quantitative estimate of drug-likeness (QED) is 0.693. The van der Waals surface area contributed by atoms with Gasteiger partial charge in [-0.1, -0.05) is 13.8 Å². The van der Waals surface area contributed by atoms with Crippen LogP contribution in [0.5, 0.6) is 0 Å². The zero-order chi connectivity index (χ0) is 12.3. The van der Waals surface area contributed by atoms with E-state index in [9.17, 15) is 5.11 Å². The summed E-state index contributed by atoms with van der Waals surface area (Å²) in [5.41, 5.74) is 6.25. The molecule has 0 spiro atoms. The summed E-state index contributed by atoms with van der Waals surface area (Å²) in [6.07, 6.45) is 2.48. The van der Waals surface area contributed by atoms with Crippen LogP contribution in [0.25, 0.3) is 0 Å². The summed E-state index contributed by atoms with van der Waals surface area (Å²) in [4.78, 5) is 2.37. The van der Waals surface area contributed by atoms with Crippen LogP contribution in [0.15, 0.2) is 0 Å². The lowest BCUT2D eigenvalue weighted by Gasteiger charge is -2.38. The van der Waals surface area contributed by atoms with Gasteiger partial charge in [0, 0.05) is 24.7 Å². The van der Waals surface area contributed by atoms with Gasteiger partial charge in [-0.05, 0) is 38.5 Å². The summed E-state index contributed by atoms with van der Waals surface area (Å²) in [5.74, 6) is 1.26. The molecule has 3 heteroatoms. The first kappa shape index (κ1) is 13.9. The van der Waals surface area contributed by atoms with Gasteiger partial charge in [0.2, 0.25) is 0 Å². The van der Waals surface area contributed by atoms with E-state index < -0.39 is 0 Å². The number of hydrogen-bond donors (Lipinski definition) is 2. The molecule has 2 atom stereocenters. The first-order valence-corrected chi connectivity index (χ1v) is 6.59. The Bertz CT molecular complexity index is 202. The van der Waals surface area contributed by atoms with Crippen molar-refractivity contribution in [1.29, 1.82) is 0 Å². The van der Waals surface area contributed by atoms with Crippen molar-refractivity contribution in [3.63, 3.8) is 0 Å². The minimum atomic E-state index is 0.134. The summed E-state index contributed by atoms with van der Waals surface area (Å²) >= 11 is 0. The Balaban J connectivity index is 2.63. The molecular weight excluding hydrogens is 200 g/mol. The highest BCUT2D eigenvalue weighted by Crippen LogP contribution is 2.34. The Morgan fingerprint density at radius 2 is 1.81 bits per heavy atom. The topological polar surface area (TPSA) is 49.5 Å². The van der Waals surface area contributed by atoms with E-state index in [-0.39, 0.29) is 18.7 Å². The van der Waals surface area contributed by atoms with Crippen molar-refractivity contribution in [2.75, 3.05) is 13.2 Å². The number of aliphatic hydroxyl groups is 1. The second-order valence-electron chi connectivity index (χ2n) is 5.85. The highest BCUT2D eigenvalue weighted by Gasteiger charge is 2.37. The van der Waals surface area contributed by atoms with E-state index in [1.165, 1.54) is 12.8 Å². The molecule has 1 rings (SSSR count). The first-order chi connectivity index (χ1) is 7.47. The van der Waals surface area contributed by atoms with E-state index >= 15 is 0 Å². The van der Waals surface area contributed by atoms with Gasteiger partial charge in [-0.25, -0.2) is 0 Å². The fourth-order valence-electron chi connectivity index (χ4n) is 2.39. The van der Waals surface area contributed by atoms with Gasteiger partial charge in [0.05, 0.1) is 6.61 Å². The van der Waals surface area contributed by atoms with E-state index in [0.717, 1.165) is 6.54 Å². The molecule has 1 fully saturated rings.